The smallest absolute Gasteiger partial charge is 0.407 e. The minimum Gasteiger partial charge on any atom is -0.444 e. The van der Waals surface area contributed by atoms with Crippen LogP contribution in [0.5, 0.6) is 0 Å². The summed E-state index contributed by atoms with van der Waals surface area (Å²) in [6.07, 6.45) is 2.90. The van der Waals surface area contributed by atoms with Gasteiger partial charge in [-0.15, -0.1) is 16.4 Å². The summed E-state index contributed by atoms with van der Waals surface area (Å²) in [4.78, 5) is 19.7. The van der Waals surface area contributed by atoms with Gasteiger partial charge >= 0.3 is 6.09 Å². The maximum Gasteiger partial charge on any atom is 0.407 e. The van der Waals surface area contributed by atoms with Crippen molar-refractivity contribution in [1.82, 2.24) is 20.4 Å². The van der Waals surface area contributed by atoms with Gasteiger partial charge in [-0.1, -0.05) is 0 Å². The Morgan fingerprint density at radius 1 is 1.48 bits per heavy atom. The average Bonchev–Trinajstić information content (AvgIpc) is 2.84. The molecule has 0 spiro atoms. The second-order valence-electron chi connectivity index (χ2n) is 6.22. The minimum absolute atomic E-state index is 0.382. The van der Waals surface area contributed by atoms with Crippen LogP contribution in [0.2, 0.25) is 0 Å². The second-order valence-corrected chi connectivity index (χ2v) is 7.34. The van der Waals surface area contributed by atoms with Crippen LogP contribution in [0.3, 0.4) is 0 Å². The molecule has 124 valence electrons. The van der Waals surface area contributed by atoms with Gasteiger partial charge in [-0.05, 0) is 26.8 Å². The van der Waals surface area contributed by atoms with Crippen molar-refractivity contribution in [3.8, 4) is 0 Å². The van der Waals surface area contributed by atoms with E-state index in [1.807, 2.05) is 45.8 Å². The van der Waals surface area contributed by atoms with Crippen LogP contribution in [-0.2, 0) is 11.3 Å². The summed E-state index contributed by atoms with van der Waals surface area (Å²) in [6, 6.07) is 1.97. The molecule has 1 amide bonds. The predicted molar refractivity (Wildman–Crippen MR) is 92.3 cm³/mol. The van der Waals surface area contributed by atoms with Crippen molar-refractivity contribution in [2.75, 3.05) is 14.1 Å². The average molecular weight is 335 g/mol. The molecule has 0 bridgehead atoms. The molecule has 0 unspecified atom stereocenters. The van der Waals surface area contributed by atoms with E-state index >= 15 is 0 Å². The molecule has 0 atom stereocenters. The van der Waals surface area contributed by atoms with Gasteiger partial charge < -0.3 is 15.0 Å². The van der Waals surface area contributed by atoms with Crippen LogP contribution < -0.4 is 5.32 Å². The first kappa shape index (κ1) is 17.1. The number of hydrogen-bond donors (Lipinski definition) is 1. The SMILES string of the molecule is CN(C)/C=N\c1cnnc2sc(CNC(=O)OC(C)(C)C)cc12. The third-order valence-corrected chi connectivity index (χ3v) is 3.62. The third-order valence-electron chi connectivity index (χ3n) is 2.60. The van der Waals surface area contributed by atoms with Gasteiger partial charge in [0.05, 0.1) is 24.8 Å². The molecule has 0 aromatic carbocycles. The molecule has 0 saturated heterocycles. The van der Waals surface area contributed by atoms with E-state index in [-0.39, 0.29) is 0 Å². The predicted octanol–water partition coefficient (Wildman–Crippen LogP) is 2.94. The number of nitrogens with zero attached hydrogens (tertiary/aromatic N) is 4. The van der Waals surface area contributed by atoms with Gasteiger partial charge in [0.25, 0.3) is 0 Å². The number of aromatic nitrogens is 2. The summed E-state index contributed by atoms with van der Waals surface area (Å²) in [5, 5.41) is 11.7. The summed E-state index contributed by atoms with van der Waals surface area (Å²) in [5.41, 5.74) is 0.243. The number of rotatable bonds is 4. The van der Waals surface area contributed by atoms with E-state index in [0.717, 1.165) is 20.8 Å². The van der Waals surface area contributed by atoms with E-state index < -0.39 is 11.7 Å². The van der Waals surface area contributed by atoms with Crippen LogP contribution in [0.15, 0.2) is 17.3 Å². The van der Waals surface area contributed by atoms with Crippen LogP contribution in [0.1, 0.15) is 25.6 Å². The van der Waals surface area contributed by atoms with Crippen molar-refractivity contribution in [2.45, 2.75) is 32.9 Å². The highest BCUT2D eigenvalue weighted by Gasteiger charge is 2.16. The highest BCUT2D eigenvalue weighted by Crippen LogP contribution is 2.30. The molecule has 2 rings (SSSR count). The number of carbonyl (C=O) groups excluding carboxylic acids is 1. The number of fused-ring (bicyclic) bond motifs is 1. The lowest BCUT2D eigenvalue weighted by Gasteiger charge is -2.19. The van der Waals surface area contributed by atoms with Crippen molar-refractivity contribution in [3.63, 3.8) is 0 Å². The Morgan fingerprint density at radius 3 is 2.87 bits per heavy atom. The Balaban J connectivity index is 2.11. The van der Waals surface area contributed by atoms with Gasteiger partial charge in [-0.25, -0.2) is 9.79 Å². The maximum absolute atomic E-state index is 11.7. The molecule has 0 aliphatic heterocycles. The van der Waals surface area contributed by atoms with Crippen molar-refractivity contribution in [3.05, 3.63) is 17.1 Å². The topological polar surface area (TPSA) is 79.7 Å². The van der Waals surface area contributed by atoms with Crippen LogP contribution in [0.4, 0.5) is 10.5 Å². The van der Waals surface area contributed by atoms with E-state index in [1.54, 1.807) is 12.5 Å². The lowest BCUT2D eigenvalue weighted by Crippen LogP contribution is -2.31. The fraction of sp³-hybridized carbons (Fsp3) is 0.467. The van der Waals surface area contributed by atoms with Crippen LogP contribution >= 0.6 is 11.3 Å². The zero-order valence-electron chi connectivity index (χ0n) is 14.0. The first-order valence-corrected chi connectivity index (χ1v) is 7.98. The Bertz CT molecular complexity index is 718. The molecule has 0 radical (unpaired) electrons. The van der Waals surface area contributed by atoms with E-state index in [4.69, 9.17) is 4.74 Å². The zero-order chi connectivity index (χ0) is 17.0. The maximum atomic E-state index is 11.7. The normalized spacial score (nSPS) is 11.9. The Hall–Kier alpha value is -2.22. The molecular weight excluding hydrogens is 314 g/mol. The van der Waals surface area contributed by atoms with Crippen LogP contribution in [0, 0.1) is 0 Å². The molecule has 8 heteroatoms. The molecule has 23 heavy (non-hydrogen) atoms. The van der Waals surface area contributed by atoms with Gasteiger partial charge in [-0.3, -0.25) is 0 Å². The second kappa shape index (κ2) is 6.91. The zero-order valence-corrected chi connectivity index (χ0v) is 14.8. The Kier molecular flexibility index (Phi) is 5.15. The summed E-state index contributed by atoms with van der Waals surface area (Å²) < 4.78 is 5.22. The number of ether oxygens (including phenoxy) is 1. The lowest BCUT2D eigenvalue weighted by molar-refractivity contribution is 0.0524. The van der Waals surface area contributed by atoms with Gasteiger partial charge in [0.15, 0.2) is 0 Å². The van der Waals surface area contributed by atoms with Gasteiger partial charge in [-0.2, -0.15) is 5.10 Å². The van der Waals surface area contributed by atoms with Gasteiger partial charge in [0.2, 0.25) is 0 Å². The molecule has 2 aromatic rings. The fourth-order valence-electron chi connectivity index (χ4n) is 1.74. The first-order valence-electron chi connectivity index (χ1n) is 7.16. The van der Waals surface area contributed by atoms with E-state index in [9.17, 15) is 4.79 Å². The van der Waals surface area contributed by atoms with Gasteiger partial charge in [0, 0.05) is 24.4 Å². The summed E-state index contributed by atoms with van der Waals surface area (Å²) in [5.74, 6) is 0. The van der Waals surface area contributed by atoms with E-state index in [1.165, 1.54) is 11.3 Å². The van der Waals surface area contributed by atoms with Crippen molar-refractivity contribution in [2.24, 2.45) is 4.99 Å². The number of amides is 1. The lowest BCUT2D eigenvalue weighted by atomic mass is 10.2. The minimum atomic E-state index is -0.510. The third kappa shape index (κ3) is 5.17. The molecule has 0 fully saturated rings. The molecule has 2 heterocycles. The van der Waals surface area contributed by atoms with Crippen molar-refractivity contribution >= 4 is 39.7 Å². The number of carbonyl (C=O) groups is 1. The quantitative estimate of drug-likeness (QED) is 0.686. The van der Waals surface area contributed by atoms with E-state index in [0.29, 0.717) is 6.54 Å². The number of hydrogen-bond acceptors (Lipinski definition) is 6. The Labute approximate surface area is 139 Å². The summed E-state index contributed by atoms with van der Waals surface area (Å²) in [6.45, 7) is 5.87. The van der Waals surface area contributed by atoms with Gasteiger partial charge in [0.1, 0.15) is 10.4 Å². The molecular formula is C15H21N5O2S. The van der Waals surface area contributed by atoms with Crippen molar-refractivity contribution < 1.29 is 9.53 Å². The molecule has 7 nitrogen and oxygen atoms in total. The van der Waals surface area contributed by atoms with Crippen molar-refractivity contribution in [1.29, 1.82) is 0 Å². The molecule has 1 N–H and O–H groups in total. The standard InChI is InChI=1S/C15H21N5O2S/c1-15(2,3)22-14(21)16-7-10-6-11-12(17-9-20(4)5)8-18-19-13(11)23-10/h6,8-9H,7H2,1-5H3,(H,16,21)/b17-9-. The van der Waals surface area contributed by atoms with Crippen LogP contribution in [-0.4, -0.2) is 47.2 Å². The molecule has 0 aliphatic rings. The van der Waals surface area contributed by atoms with Crippen LogP contribution in [0.25, 0.3) is 10.2 Å². The summed E-state index contributed by atoms with van der Waals surface area (Å²) in [7, 11) is 3.80. The highest BCUT2D eigenvalue weighted by molar-refractivity contribution is 7.18. The van der Waals surface area contributed by atoms with E-state index in [2.05, 4.69) is 20.5 Å². The molecule has 2 aromatic heterocycles. The largest absolute Gasteiger partial charge is 0.444 e. The fourth-order valence-corrected chi connectivity index (χ4v) is 2.67. The number of nitrogens with one attached hydrogen (secondary N) is 1. The molecule has 0 aliphatic carbocycles. The number of thiophene rings is 1. The number of alkyl carbamates (subject to hydrolysis) is 1. The number of aliphatic imine (C=N–C) groups is 1. The Morgan fingerprint density at radius 2 is 2.22 bits per heavy atom. The monoisotopic (exact) mass is 335 g/mol. The molecule has 0 saturated carbocycles. The summed E-state index contributed by atoms with van der Waals surface area (Å²) >= 11 is 1.47. The highest BCUT2D eigenvalue weighted by atomic mass is 32.1. The first-order chi connectivity index (χ1) is 10.7.